The van der Waals surface area contributed by atoms with Gasteiger partial charge in [-0.15, -0.1) is 0 Å². The number of anilines is 1. The monoisotopic (exact) mass is 536 g/mol. The van der Waals surface area contributed by atoms with Gasteiger partial charge >= 0.3 is 0 Å². The zero-order valence-electron chi connectivity index (χ0n) is 22.2. The fourth-order valence-electron chi connectivity index (χ4n) is 4.20. The Labute approximate surface area is 231 Å². The second kappa shape index (κ2) is 12.1. The molecule has 0 radical (unpaired) electrons. The molecule has 2 N–H and O–H groups in total. The van der Waals surface area contributed by atoms with Gasteiger partial charge in [-0.3, -0.25) is 9.48 Å². The second-order valence-electron chi connectivity index (χ2n) is 8.87. The number of nitrogens with one attached hydrogen (secondary N) is 2. The van der Waals surface area contributed by atoms with Crippen molar-refractivity contribution < 1.29 is 19.0 Å². The summed E-state index contributed by atoms with van der Waals surface area (Å²) in [5.41, 5.74) is 4.00. The number of imidazole rings is 1. The van der Waals surface area contributed by atoms with Gasteiger partial charge in [0.15, 0.2) is 11.6 Å². The van der Waals surface area contributed by atoms with E-state index >= 15 is 0 Å². The maximum Gasteiger partial charge on any atom is 0.256 e. The average Bonchev–Trinajstić information content (AvgIpc) is 3.58. The smallest absolute Gasteiger partial charge is 0.256 e. The van der Waals surface area contributed by atoms with Gasteiger partial charge in [0.05, 0.1) is 36.4 Å². The quantitative estimate of drug-likeness (QED) is 0.227. The second-order valence-corrected chi connectivity index (χ2v) is 8.87. The molecule has 40 heavy (non-hydrogen) atoms. The lowest BCUT2D eigenvalue weighted by atomic mass is 10.1. The van der Waals surface area contributed by atoms with Crippen molar-refractivity contribution in [2.75, 3.05) is 32.2 Å². The lowest BCUT2D eigenvalue weighted by Crippen LogP contribution is -2.13. The number of fused-ring (bicyclic) bond motifs is 1. The number of aromatic amines is 1. The van der Waals surface area contributed by atoms with E-state index in [1.807, 2.05) is 55.5 Å². The lowest BCUT2D eigenvalue weighted by molar-refractivity contribution is 0.102. The molecule has 10 heteroatoms. The highest BCUT2D eigenvalue weighted by atomic mass is 16.5. The molecule has 0 unspecified atom stereocenters. The van der Waals surface area contributed by atoms with Crippen molar-refractivity contribution in [1.82, 2.24) is 19.7 Å². The molecule has 0 saturated carbocycles. The average molecular weight is 537 g/mol. The molecule has 0 aliphatic rings. The number of hydrogen-bond donors (Lipinski definition) is 2. The number of carbonyl (C=O) groups is 1. The van der Waals surface area contributed by atoms with E-state index in [2.05, 4.69) is 21.5 Å². The molecule has 0 aliphatic carbocycles. The third-order valence-electron chi connectivity index (χ3n) is 6.13. The predicted octanol–water partition coefficient (Wildman–Crippen LogP) is 5.02. The minimum absolute atomic E-state index is 0.257. The standard InChI is InChI=1S/C30H28N6O4/c1-3-39-23-11-8-20(9-12-23)19-36-26(29-32-24-6-4-5-7-25(24)33-29)17-28(35-36)34-30(37)21-10-13-27(22(16-21)18-31)40-15-14-38-2/h4-13,16-17H,3,14-15,19H2,1-2H3,(H,32,33)(H,34,35,37). The van der Waals surface area contributed by atoms with Crippen molar-refractivity contribution in [1.29, 1.82) is 5.26 Å². The Morgan fingerprint density at radius 3 is 2.62 bits per heavy atom. The van der Waals surface area contributed by atoms with Gasteiger partial charge < -0.3 is 24.5 Å². The first-order valence-electron chi connectivity index (χ1n) is 12.8. The number of H-pyrrole nitrogens is 1. The van der Waals surface area contributed by atoms with Gasteiger partial charge in [-0.05, 0) is 55.0 Å². The molecule has 0 fully saturated rings. The van der Waals surface area contributed by atoms with Crippen LogP contribution in [-0.4, -0.2) is 52.6 Å². The highest BCUT2D eigenvalue weighted by Gasteiger charge is 2.17. The molecule has 10 nitrogen and oxygen atoms in total. The van der Waals surface area contributed by atoms with E-state index in [-0.39, 0.29) is 5.56 Å². The first-order chi connectivity index (χ1) is 19.6. The van der Waals surface area contributed by atoms with Gasteiger partial charge in [-0.1, -0.05) is 24.3 Å². The van der Waals surface area contributed by atoms with Crippen LogP contribution in [0.25, 0.3) is 22.6 Å². The number of benzene rings is 3. The molecule has 202 valence electrons. The highest BCUT2D eigenvalue weighted by Crippen LogP contribution is 2.26. The third-order valence-corrected chi connectivity index (χ3v) is 6.13. The van der Waals surface area contributed by atoms with Crippen LogP contribution in [0.3, 0.4) is 0 Å². The molecule has 5 rings (SSSR count). The van der Waals surface area contributed by atoms with Gasteiger partial charge in [-0.25, -0.2) is 4.98 Å². The predicted molar refractivity (Wildman–Crippen MR) is 151 cm³/mol. The van der Waals surface area contributed by atoms with Gasteiger partial charge in [0.2, 0.25) is 0 Å². The Hall–Kier alpha value is -5.14. The fraction of sp³-hybridized carbons (Fsp3) is 0.200. The summed E-state index contributed by atoms with van der Waals surface area (Å²) >= 11 is 0. The van der Waals surface area contributed by atoms with Crippen molar-refractivity contribution >= 4 is 22.8 Å². The molecule has 0 atom stereocenters. The van der Waals surface area contributed by atoms with Crippen LogP contribution in [0.4, 0.5) is 5.82 Å². The summed E-state index contributed by atoms with van der Waals surface area (Å²) < 4.78 is 17.9. The van der Waals surface area contributed by atoms with Gasteiger partial charge in [0.1, 0.15) is 29.9 Å². The molecule has 0 saturated heterocycles. The van der Waals surface area contributed by atoms with E-state index < -0.39 is 5.91 Å². The van der Waals surface area contributed by atoms with E-state index in [0.29, 0.717) is 55.0 Å². The van der Waals surface area contributed by atoms with Crippen molar-refractivity contribution in [2.45, 2.75) is 13.5 Å². The first-order valence-corrected chi connectivity index (χ1v) is 12.8. The molecular formula is C30H28N6O4. The van der Waals surface area contributed by atoms with Crippen molar-refractivity contribution in [2.24, 2.45) is 0 Å². The molecule has 0 aliphatic heterocycles. The van der Waals surface area contributed by atoms with E-state index in [9.17, 15) is 10.1 Å². The summed E-state index contributed by atoms with van der Waals surface area (Å²) in [6.07, 6.45) is 0. The molecule has 5 aromatic rings. The molecule has 3 aromatic carbocycles. The van der Waals surface area contributed by atoms with E-state index in [1.54, 1.807) is 30.0 Å². The molecule has 2 heterocycles. The topological polar surface area (TPSA) is 127 Å². The summed E-state index contributed by atoms with van der Waals surface area (Å²) in [6, 6.07) is 24.1. The van der Waals surface area contributed by atoms with Crippen molar-refractivity contribution in [3.63, 3.8) is 0 Å². The molecule has 0 bridgehead atoms. The number of aromatic nitrogens is 4. The van der Waals surface area contributed by atoms with Gasteiger partial charge in [0, 0.05) is 18.7 Å². The van der Waals surface area contributed by atoms with Crippen molar-refractivity contribution in [3.05, 3.63) is 89.5 Å². The van der Waals surface area contributed by atoms with Crippen LogP contribution in [0.5, 0.6) is 11.5 Å². The number of rotatable bonds is 11. The lowest BCUT2D eigenvalue weighted by Gasteiger charge is -2.09. The number of nitrogens with zero attached hydrogens (tertiary/aromatic N) is 4. The Balaban J connectivity index is 1.42. The summed E-state index contributed by atoms with van der Waals surface area (Å²) in [5, 5.41) is 17.1. The van der Waals surface area contributed by atoms with Crippen molar-refractivity contribution in [3.8, 4) is 29.1 Å². The first kappa shape index (κ1) is 26.5. The van der Waals surface area contributed by atoms with E-state index in [4.69, 9.17) is 19.2 Å². The number of amides is 1. The Bertz CT molecular complexity index is 1630. The molecule has 0 spiro atoms. The van der Waals surface area contributed by atoms with Gasteiger partial charge in [-0.2, -0.15) is 10.4 Å². The van der Waals surface area contributed by atoms with Crippen LogP contribution in [0.15, 0.2) is 72.8 Å². The number of nitriles is 1. The number of para-hydroxylation sites is 2. The number of ether oxygens (including phenoxy) is 3. The Morgan fingerprint density at radius 1 is 1.05 bits per heavy atom. The zero-order valence-corrected chi connectivity index (χ0v) is 22.2. The normalized spacial score (nSPS) is 10.8. The fourth-order valence-corrected chi connectivity index (χ4v) is 4.20. The minimum atomic E-state index is -0.401. The Morgan fingerprint density at radius 2 is 1.88 bits per heavy atom. The summed E-state index contributed by atoms with van der Waals surface area (Å²) in [5.74, 6) is 1.77. The third kappa shape index (κ3) is 5.95. The van der Waals surface area contributed by atoms with Crippen LogP contribution >= 0.6 is 0 Å². The summed E-state index contributed by atoms with van der Waals surface area (Å²) in [4.78, 5) is 21.2. The summed E-state index contributed by atoms with van der Waals surface area (Å²) in [7, 11) is 1.57. The maximum atomic E-state index is 13.1. The van der Waals surface area contributed by atoms with Crippen LogP contribution in [0.2, 0.25) is 0 Å². The maximum absolute atomic E-state index is 13.1. The molecule has 2 aromatic heterocycles. The number of methoxy groups -OCH3 is 1. The summed E-state index contributed by atoms with van der Waals surface area (Å²) in [6.45, 7) is 3.67. The van der Waals surface area contributed by atoms with E-state index in [1.165, 1.54) is 6.07 Å². The van der Waals surface area contributed by atoms with Crippen LogP contribution < -0.4 is 14.8 Å². The Kier molecular flexibility index (Phi) is 8.04. The van der Waals surface area contributed by atoms with Crippen LogP contribution in [-0.2, 0) is 11.3 Å². The zero-order chi connectivity index (χ0) is 27.9. The number of carbonyl (C=O) groups excluding carboxylic acids is 1. The highest BCUT2D eigenvalue weighted by molar-refractivity contribution is 6.04. The van der Waals surface area contributed by atoms with Crippen LogP contribution in [0, 0.1) is 11.3 Å². The largest absolute Gasteiger partial charge is 0.494 e. The van der Waals surface area contributed by atoms with E-state index in [0.717, 1.165) is 22.3 Å². The SMILES string of the molecule is CCOc1ccc(Cn2nc(NC(=O)c3ccc(OCCOC)c(C#N)c3)cc2-c2nc3ccccc3[nH]2)cc1. The van der Waals surface area contributed by atoms with Crippen LogP contribution in [0.1, 0.15) is 28.4 Å². The van der Waals surface area contributed by atoms with Gasteiger partial charge in [0.25, 0.3) is 5.91 Å². The number of hydrogen-bond acceptors (Lipinski definition) is 7. The molecule has 1 amide bonds. The minimum Gasteiger partial charge on any atom is -0.494 e. The molecular weight excluding hydrogens is 508 g/mol.